The minimum Gasteiger partial charge on any atom is -0.336 e. The molecule has 0 aromatic heterocycles. The smallest absolute Gasteiger partial charge is 0.312 e. The van der Waals surface area contributed by atoms with E-state index in [1.165, 1.54) is 15.9 Å². The van der Waals surface area contributed by atoms with Gasteiger partial charge in [-0.25, -0.2) is 0 Å². The maximum absolute atomic E-state index is 11.9. The van der Waals surface area contributed by atoms with Crippen molar-refractivity contribution >= 4 is 23.4 Å². The lowest BCUT2D eigenvalue weighted by molar-refractivity contribution is -0.155. The molecule has 0 saturated carbocycles. The Hall–Kier alpha value is -2.88. The van der Waals surface area contributed by atoms with E-state index in [0.29, 0.717) is 24.3 Å². The molecular formula is C14H14N4O3. The highest BCUT2D eigenvalue weighted by Gasteiger charge is 2.31. The van der Waals surface area contributed by atoms with Crippen LogP contribution in [0.4, 0.5) is 5.69 Å². The van der Waals surface area contributed by atoms with Gasteiger partial charge in [0.05, 0.1) is 11.6 Å². The Labute approximate surface area is 121 Å². The molecule has 1 fully saturated rings. The number of carbonyl (C=O) groups is 3. The van der Waals surface area contributed by atoms with Gasteiger partial charge in [0.15, 0.2) is 0 Å². The van der Waals surface area contributed by atoms with Gasteiger partial charge in [0.2, 0.25) is 5.91 Å². The highest BCUT2D eigenvalue weighted by molar-refractivity contribution is 6.35. The van der Waals surface area contributed by atoms with Crippen molar-refractivity contribution in [1.82, 2.24) is 9.80 Å². The van der Waals surface area contributed by atoms with E-state index >= 15 is 0 Å². The molecule has 1 aromatic rings. The molecule has 2 rings (SSSR count). The SMILES string of the molecule is CN1CCN(CC(=O)Nc2cccc(C#N)c2)C(=O)C1=O. The predicted molar refractivity (Wildman–Crippen MR) is 74.0 cm³/mol. The molecule has 7 heteroatoms. The van der Waals surface area contributed by atoms with Crippen LogP contribution < -0.4 is 5.32 Å². The quantitative estimate of drug-likeness (QED) is 0.778. The van der Waals surface area contributed by atoms with E-state index in [9.17, 15) is 14.4 Å². The van der Waals surface area contributed by atoms with Crippen molar-refractivity contribution < 1.29 is 14.4 Å². The van der Waals surface area contributed by atoms with Crippen molar-refractivity contribution in [3.05, 3.63) is 29.8 Å². The van der Waals surface area contributed by atoms with Gasteiger partial charge in [-0.15, -0.1) is 0 Å². The number of anilines is 1. The first-order valence-corrected chi connectivity index (χ1v) is 6.35. The highest BCUT2D eigenvalue weighted by Crippen LogP contribution is 2.10. The lowest BCUT2D eigenvalue weighted by Gasteiger charge is -2.30. The van der Waals surface area contributed by atoms with Crippen molar-refractivity contribution in [2.45, 2.75) is 0 Å². The Morgan fingerprint density at radius 1 is 1.33 bits per heavy atom. The summed E-state index contributed by atoms with van der Waals surface area (Å²) >= 11 is 0. The van der Waals surface area contributed by atoms with Gasteiger partial charge >= 0.3 is 11.8 Å². The average Bonchev–Trinajstić information content (AvgIpc) is 2.48. The van der Waals surface area contributed by atoms with Gasteiger partial charge < -0.3 is 15.1 Å². The summed E-state index contributed by atoms with van der Waals surface area (Å²) in [5, 5.41) is 11.4. The van der Waals surface area contributed by atoms with E-state index in [1.807, 2.05) is 6.07 Å². The number of piperazine rings is 1. The minimum absolute atomic E-state index is 0.185. The lowest BCUT2D eigenvalue weighted by atomic mass is 10.2. The van der Waals surface area contributed by atoms with E-state index in [0.717, 1.165) is 0 Å². The summed E-state index contributed by atoms with van der Waals surface area (Å²) in [6, 6.07) is 8.43. The third-order valence-corrected chi connectivity index (χ3v) is 3.13. The number of likely N-dealkylation sites (N-methyl/N-ethyl adjacent to an activating group) is 1. The molecule has 1 N–H and O–H groups in total. The van der Waals surface area contributed by atoms with Gasteiger partial charge in [-0.2, -0.15) is 5.26 Å². The maximum atomic E-state index is 11.9. The predicted octanol–water partition coefficient (Wildman–Crippen LogP) is -0.203. The maximum Gasteiger partial charge on any atom is 0.312 e. The fourth-order valence-corrected chi connectivity index (χ4v) is 1.96. The van der Waals surface area contributed by atoms with Gasteiger partial charge in [-0.05, 0) is 18.2 Å². The highest BCUT2D eigenvalue weighted by atomic mass is 16.2. The number of benzene rings is 1. The van der Waals surface area contributed by atoms with Crippen LogP contribution in [0.25, 0.3) is 0 Å². The molecule has 7 nitrogen and oxygen atoms in total. The standard InChI is InChI=1S/C14H14N4O3/c1-17-5-6-18(14(21)13(17)20)9-12(19)16-11-4-2-3-10(7-11)8-15/h2-4,7H,5-6,9H2,1H3,(H,16,19). The zero-order chi connectivity index (χ0) is 15.4. The van der Waals surface area contributed by atoms with Gasteiger partial charge in [-0.1, -0.05) is 6.07 Å². The number of nitriles is 1. The van der Waals surface area contributed by atoms with Crippen LogP contribution in [-0.4, -0.2) is 54.2 Å². The molecule has 0 spiro atoms. The fraction of sp³-hybridized carbons (Fsp3) is 0.286. The van der Waals surface area contributed by atoms with Crippen LogP contribution in [0.3, 0.4) is 0 Å². The lowest BCUT2D eigenvalue weighted by Crippen LogP contribution is -2.54. The Balaban J connectivity index is 1.97. The van der Waals surface area contributed by atoms with Gasteiger partial charge in [0.1, 0.15) is 6.54 Å². The van der Waals surface area contributed by atoms with E-state index in [2.05, 4.69) is 5.32 Å². The molecule has 21 heavy (non-hydrogen) atoms. The largest absolute Gasteiger partial charge is 0.336 e. The first-order valence-electron chi connectivity index (χ1n) is 6.35. The first kappa shape index (κ1) is 14.5. The molecular weight excluding hydrogens is 272 g/mol. The van der Waals surface area contributed by atoms with Crippen LogP contribution in [0, 0.1) is 11.3 Å². The molecule has 1 aliphatic rings. The number of hydrogen-bond acceptors (Lipinski definition) is 4. The molecule has 0 atom stereocenters. The fourth-order valence-electron chi connectivity index (χ4n) is 1.96. The summed E-state index contributed by atoms with van der Waals surface area (Å²) in [7, 11) is 1.55. The number of hydrogen-bond donors (Lipinski definition) is 1. The van der Waals surface area contributed by atoms with Gasteiger partial charge in [0.25, 0.3) is 0 Å². The zero-order valence-corrected chi connectivity index (χ0v) is 11.5. The molecule has 108 valence electrons. The summed E-state index contributed by atoms with van der Waals surface area (Å²) in [4.78, 5) is 37.7. The summed E-state index contributed by atoms with van der Waals surface area (Å²) in [5.74, 6) is -1.69. The Morgan fingerprint density at radius 2 is 2.10 bits per heavy atom. The molecule has 3 amide bonds. The molecule has 1 saturated heterocycles. The number of nitrogens with one attached hydrogen (secondary N) is 1. The third-order valence-electron chi connectivity index (χ3n) is 3.13. The van der Waals surface area contributed by atoms with Crippen LogP contribution in [0.1, 0.15) is 5.56 Å². The molecule has 0 aliphatic carbocycles. The normalized spacial score (nSPS) is 14.9. The molecule has 1 aliphatic heterocycles. The van der Waals surface area contributed by atoms with Crippen LogP contribution >= 0.6 is 0 Å². The zero-order valence-electron chi connectivity index (χ0n) is 11.5. The minimum atomic E-state index is -0.676. The molecule has 1 aromatic carbocycles. The van der Waals surface area contributed by atoms with Crippen LogP contribution in [0.15, 0.2) is 24.3 Å². The summed E-state index contributed by atoms with van der Waals surface area (Å²) < 4.78 is 0. The summed E-state index contributed by atoms with van der Waals surface area (Å²) in [6.45, 7) is 0.545. The molecule has 0 unspecified atom stereocenters. The van der Waals surface area contributed by atoms with E-state index in [-0.39, 0.29) is 6.54 Å². The van der Waals surface area contributed by atoms with E-state index in [4.69, 9.17) is 5.26 Å². The Bertz CT molecular complexity index is 635. The van der Waals surface area contributed by atoms with E-state index in [1.54, 1.807) is 25.2 Å². The van der Waals surface area contributed by atoms with Crippen LogP contribution in [0.5, 0.6) is 0 Å². The monoisotopic (exact) mass is 286 g/mol. The van der Waals surface area contributed by atoms with Gasteiger partial charge in [0, 0.05) is 25.8 Å². The van der Waals surface area contributed by atoms with Crippen LogP contribution in [0.2, 0.25) is 0 Å². The second-order valence-electron chi connectivity index (χ2n) is 4.69. The molecule has 0 radical (unpaired) electrons. The third kappa shape index (κ3) is 3.36. The first-order chi connectivity index (χ1) is 10.0. The van der Waals surface area contributed by atoms with Gasteiger partial charge in [-0.3, -0.25) is 14.4 Å². The molecule has 1 heterocycles. The van der Waals surface area contributed by atoms with Crippen LogP contribution in [-0.2, 0) is 14.4 Å². The topological polar surface area (TPSA) is 93.5 Å². The Kier molecular flexibility index (Phi) is 4.18. The number of rotatable bonds is 3. The Morgan fingerprint density at radius 3 is 2.81 bits per heavy atom. The average molecular weight is 286 g/mol. The summed E-state index contributed by atoms with van der Waals surface area (Å²) in [5.41, 5.74) is 0.908. The second-order valence-corrected chi connectivity index (χ2v) is 4.69. The van der Waals surface area contributed by atoms with E-state index < -0.39 is 17.7 Å². The van der Waals surface area contributed by atoms with Crippen molar-refractivity contribution in [3.63, 3.8) is 0 Å². The summed E-state index contributed by atoms with van der Waals surface area (Å²) in [6.07, 6.45) is 0. The van der Waals surface area contributed by atoms with Crippen molar-refractivity contribution in [3.8, 4) is 6.07 Å². The number of amides is 3. The second kappa shape index (κ2) is 6.05. The molecule has 0 bridgehead atoms. The number of nitrogens with zero attached hydrogens (tertiary/aromatic N) is 3. The van der Waals surface area contributed by atoms with Crippen molar-refractivity contribution in [2.24, 2.45) is 0 Å². The van der Waals surface area contributed by atoms with Crippen molar-refractivity contribution in [2.75, 3.05) is 32.0 Å². The van der Waals surface area contributed by atoms with Crippen molar-refractivity contribution in [1.29, 1.82) is 5.26 Å². The number of carbonyl (C=O) groups excluding carboxylic acids is 3.